The van der Waals surface area contributed by atoms with Crippen molar-refractivity contribution in [3.05, 3.63) is 41.6 Å². The highest BCUT2D eigenvalue weighted by molar-refractivity contribution is 6.29. The molecule has 2 amide bonds. The van der Waals surface area contributed by atoms with Gasteiger partial charge in [-0.1, -0.05) is 23.7 Å². The predicted octanol–water partition coefficient (Wildman–Crippen LogP) is 3.17. The van der Waals surface area contributed by atoms with E-state index in [9.17, 15) is 4.79 Å². The first kappa shape index (κ1) is 14.1. The molecule has 0 aliphatic carbocycles. The van der Waals surface area contributed by atoms with E-state index in [0.29, 0.717) is 23.9 Å². The van der Waals surface area contributed by atoms with Crippen LogP contribution in [0.1, 0.15) is 6.92 Å². The van der Waals surface area contributed by atoms with Gasteiger partial charge in [-0.3, -0.25) is 5.32 Å². The zero-order valence-electron chi connectivity index (χ0n) is 10.8. The summed E-state index contributed by atoms with van der Waals surface area (Å²) in [4.78, 5) is 11.8. The van der Waals surface area contributed by atoms with E-state index in [1.165, 1.54) is 6.07 Å². The topological polar surface area (TPSA) is 76.1 Å². The van der Waals surface area contributed by atoms with Crippen LogP contribution in [0.25, 0.3) is 0 Å². The van der Waals surface area contributed by atoms with Gasteiger partial charge in [0, 0.05) is 0 Å². The Labute approximate surface area is 121 Å². The Morgan fingerprint density at radius 1 is 1.20 bits per heavy atom. The van der Waals surface area contributed by atoms with E-state index in [2.05, 4.69) is 20.8 Å². The van der Waals surface area contributed by atoms with E-state index < -0.39 is 6.03 Å². The highest BCUT2D eigenvalue weighted by Crippen LogP contribution is 2.23. The molecule has 6 nitrogen and oxygen atoms in total. The van der Waals surface area contributed by atoms with Gasteiger partial charge < -0.3 is 10.1 Å². The van der Waals surface area contributed by atoms with Crippen molar-refractivity contribution in [2.24, 2.45) is 0 Å². The second-order valence-corrected chi connectivity index (χ2v) is 4.14. The molecular weight excluding hydrogens is 280 g/mol. The standard InChI is InChI=1S/C13H13ClN4O2/c1-2-20-10-6-4-3-5-9(10)15-13(19)16-12-8-7-11(14)17-18-12/h3-8H,2H2,1H3,(H2,15,16,18,19). The molecule has 2 aromatic rings. The van der Waals surface area contributed by atoms with E-state index >= 15 is 0 Å². The van der Waals surface area contributed by atoms with Crippen LogP contribution >= 0.6 is 11.6 Å². The van der Waals surface area contributed by atoms with Crippen molar-refractivity contribution < 1.29 is 9.53 Å². The number of urea groups is 1. The van der Waals surface area contributed by atoms with Crippen molar-refractivity contribution in [3.63, 3.8) is 0 Å². The molecular formula is C13H13ClN4O2. The average Bonchev–Trinajstić information content (AvgIpc) is 2.44. The van der Waals surface area contributed by atoms with Crippen LogP contribution in [0, 0.1) is 0 Å². The summed E-state index contributed by atoms with van der Waals surface area (Å²) in [6.07, 6.45) is 0. The van der Waals surface area contributed by atoms with Gasteiger partial charge in [-0.15, -0.1) is 10.2 Å². The number of anilines is 2. The zero-order chi connectivity index (χ0) is 14.4. The van der Waals surface area contributed by atoms with Crippen LogP contribution in [0.4, 0.5) is 16.3 Å². The lowest BCUT2D eigenvalue weighted by atomic mass is 10.3. The van der Waals surface area contributed by atoms with E-state index in [0.717, 1.165) is 0 Å². The average molecular weight is 293 g/mol. The number of hydrogen-bond donors (Lipinski definition) is 2. The number of rotatable bonds is 4. The van der Waals surface area contributed by atoms with Crippen LogP contribution in [-0.2, 0) is 0 Å². The number of carbonyl (C=O) groups is 1. The Morgan fingerprint density at radius 3 is 2.70 bits per heavy atom. The van der Waals surface area contributed by atoms with E-state index in [1.807, 2.05) is 13.0 Å². The van der Waals surface area contributed by atoms with E-state index in [-0.39, 0.29) is 5.15 Å². The van der Waals surface area contributed by atoms with Crippen LogP contribution in [0.15, 0.2) is 36.4 Å². The fourth-order valence-electron chi connectivity index (χ4n) is 1.50. The number of ether oxygens (including phenoxy) is 1. The second kappa shape index (κ2) is 6.72. The SMILES string of the molecule is CCOc1ccccc1NC(=O)Nc1ccc(Cl)nn1. The molecule has 0 atom stereocenters. The van der Waals surface area contributed by atoms with Crippen LogP contribution in [-0.4, -0.2) is 22.8 Å². The monoisotopic (exact) mass is 292 g/mol. The van der Waals surface area contributed by atoms with Crippen LogP contribution < -0.4 is 15.4 Å². The maximum absolute atomic E-state index is 11.8. The predicted molar refractivity (Wildman–Crippen MR) is 77.3 cm³/mol. The summed E-state index contributed by atoms with van der Waals surface area (Å²) in [5.41, 5.74) is 0.578. The smallest absolute Gasteiger partial charge is 0.325 e. The number of benzene rings is 1. The second-order valence-electron chi connectivity index (χ2n) is 3.75. The highest BCUT2D eigenvalue weighted by Gasteiger charge is 2.08. The van der Waals surface area contributed by atoms with Crippen molar-refractivity contribution in [1.29, 1.82) is 0 Å². The molecule has 0 aliphatic rings. The molecule has 1 aromatic carbocycles. The third kappa shape index (κ3) is 3.83. The summed E-state index contributed by atoms with van der Waals surface area (Å²) in [6, 6.07) is 9.83. The van der Waals surface area contributed by atoms with Gasteiger partial charge >= 0.3 is 6.03 Å². The third-order valence-electron chi connectivity index (χ3n) is 2.31. The third-order valence-corrected chi connectivity index (χ3v) is 2.51. The van der Waals surface area contributed by atoms with Gasteiger partial charge in [-0.2, -0.15) is 0 Å². The van der Waals surface area contributed by atoms with Crippen molar-refractivity contribution in [2.75, 3.05) is 17.2 Å². The van der Waals surface area contributed by atoms with Gasteiger partial charge in [-0.25, -0.2) is 4.79 Å². The maximum Gasteiger partial charge on any atom is 0.325 e. The molecule has 104 valence electrons. The highest BCUT2D eigenvalue weighted by atomic mass is 35.5. The molecule has 20 heavy (non-hydrogen) atoms. The Kier molecular flexibility index (Phi) is 4.73. The van der Waals surface area contributed by atoms with Gasteiger partial charge in [0.15, 0.2) is 11.0 Å². The van der Waals surface area contributed by atoms with Crippen LogP contribution in [0.2, 0.25) is 5.15 Å². The molecule has 0 saturated carbocycles. The summed E-state index contributed by atoms with van der Waals surface area (Å²) in [5, 5.41) is 12.9. The van der Waals surface area contributed by atoms with E-state index in [1.54, 1.807) is 24.3 Å². The maximum atomic E-state index is 11.8. The summed E-state index contributed by atoms with van der Waals surface area (Å²) in [6.45, 7) is 2.39. The van der Waals surface area contributed by atoms with Crippen molar-refractivity contribution >= 4 is 29.1 Å². The number of para-hydroxylation sites is 2. The molecule has 0 saturated heterocycles. The first-order chi connectivity index (χ1) is 9.69. The van der Waals surface area contributed by atoms with Crippen molar-refractivity contribution in [2.45, 2.75) is 6.92 Å². The lowest BCUT2D eigenvalue weighted by Crippen LogP contribution is -2.20. The molecule has 0 radical (unpaired) electrons. The van der Waals surface area contributed by atoms with Gasteiger partial charge in [-0.05, 0) is 31.2 Å². The summed E-state index contributed by atoms with van der Waals surface area (Å²) < 4.78 is 5.42. The quantitative estimate of drug-likeness (QED) is 0.907. The Balaban J connectivity index is 2.02. The molecule has 0 aliphatic heterocycles. The number of aromatic nitrogens is 2. The van der Waals surface area contributed by atoms with Crippen LogP contribution in [0.3, 0.4) is 0 Å². The summed E-state index contributed by atoms with van der Waals surface area (Å²) >= 11 is 5.62. The normalized spacial score (nSPS) is 9.90. The summed E-state index contributed by atoms with van der Waals surface area (Å²) in [5.74, 6) is 0.910. The largest absolute Gasteiger partial charge is 0.492 e. The van der Waals surface area contributed by atoms with Gasteiger partial charge in [0.05, 0.1) is 12.3 Å². The first-order valence-corrected chi connectivity index (χ1v) is 6.36. The Morgan fingerprint density at radius 2 is 2.00 bits per heavy atom. The minimum atomic E-state index is -0.436. The van der Waals surface area contributed by atoms with E-state index in [4.69, 9.17) is 16.3 Å². The molecule has 2 N–H and O–H groups in total. The molecule has 2 rings (SSSR count). The zero-order valence-corrected chi connectivity index (χ0v) is 11.5. The molecule has 1 heterocycles. The van der Waals surface area contributed by atoms with Crippen molar-refractivity contribution in [3.8, 4) is 5.75 Å². The van der Waals surface area contributed by atoms with Gasteiger partial charge in [0.2, 0.25) is 0 Å². The minimum Gasteiger partial charge on any atom is -0.492 e. The molecule has 0 bridgehead atoms. The number of hydrogen-bond acceptors (Lipinski definition) is 4. The Bertz CT molecular complexity index is 589. The molecule has 0 spiro atoms. The molecule has 0 unspecified atom stereocenters. The summed E-state index contributed by atoms with van der Waals surface area (Å²) in [7, 11) is 0. The number of amides is 2. The Hall–Kier alpha value is -2.34. The van der Waals surface area contributed by atoms with Crippen molar-refractivity contribution in [1.82, 2.24) is 10.2 Å². The number of halogens is 1. The molecule has 1 aromatic heterocycles. The number of nitrogens with one attached hydrogen (secondary N) is 2. The molecule has 7 heteroatoms. The number of nitrogens with zero attached hydrogens (tertiary/aromatic N) is 2. The first-order valence-electron chi connectivity index (χ1n) is 5.98. The van der Waals surface area contributed by atoms with Gasteiger partial charge in [0.25, 0.3) is 0 Å². The molecule has 0 fully saturated rings. The lowest BCUT2D eigenvalue weighted by molar-refractivity contribution is 0.262. The fraction of sp³-hybridized carbons (Fsp3) is 0.154. The minimum absolute atomic E-state index is 0.262. The fourth-order valence-corrected chi connectivity index (χ4v) is 1.60. The van der Waals surface area contributed by atoms with Gasteiger partial charge in [0.1, 0.15) is 5.75 Å². The lowest BCUT2D eigenvalue weighted by Gasteiger charge is -2.11. The van der Waals surface area contributed by atoms with Crippen LogP contribution in [0.5, 0.6) is 5.75 Å². The number of carbonyl (C=O) groups excluding carboxylic acids is 1.